The number of nitrogens with two attached hydrogens (primary N) is 1. The second-order valence-corrected chi connectivity index (χ2v) is 7.31. The first-order valence-electron chi connectivity index (χ1n) is 7.66. The molecule has 1 atom stereocenters. The van der Waals surface area contributed by atoms with Crippen LogP contribution in [0.2, 0.25) is 0 Å². The number of rotatable bonds is 11. The van der Waals surface area contributed by atoms with Crippen LogP contribution in [0.1, 0.15) is 19.3 Å². The van der Waals surface area contributed by atoms with Gasteiger partial charge in [-0.3, -0.25) is 9.35 Å². The number of unbranched alkanes of at least 4 members (excludes halogenated alkanes) is 1. The summed E-state index contributed by atoms with van der Waals surface area (Å²) in [7, 11) is -6.57. The van der Waals surface area contributed by atoms with Gasteiger partial charge in [-0.15, -0.1) is 0 Å². The molecule has 32 heavy (non-hydrogen) atoms. The lowest BCUT2D eigenvalue weighted by Gasteiger charge is -2.32. The number of hydrogen-bond acceptors (Lipinski definition) is 6. The Bertz CT molecular complexity index is 837. The average molecular weight is 517 g/mol. The number of carbonyl (C=O) groups excluding carboxylic acids is 2. The summed E-state index contributed by atoms with van der Waals surface area (Å²) in [6.45, 7) is 0.607. The Balaban J connectivity index is 5.43. The van der Waals surface area contributed by atoms with Gasteiger partial charge in [0.25, 0.3) is 0 Å². The summed E-state index contributed by atoms with van der Waals surface area (Å²) in [6, 6.07) is 0. The first kappa shape index (κ1) is 29.9. The molecule has 0 saturated heterocycles. The largest absolute Gasteiger partial charge is 0.466 e. The molecular weight excluding hydrogens is 504 g/mol. The lowest BCUT2D eigenvalue weighted by atomic mass is 10.1. The number of hydrogen-bond donors (Lipinski definition) is 2. The molecular formula is C13H13F10NO7S. The number of ether oxygens (including phenoxy) is 2. The first-order chi connectivity index (χ1) is 13.9. The summed E-state index contributed by atoms with van der Waals surface area (Å²) < 4.78 is 165. The summed E-state index contributed by atoms with van der Waals surface area (Å²) in [5.41, 5.74) is 1.92. The van der Waals surface area contributed by atoms with Crippen molar-refractivity contribution in [2.75, 3.05) is 6.61 Å². The van der Waals surface area contributed by atoms with Gasteiger partial charge in [0.1, 0.15) is 5.57 Å². The SMILES string of the molecule is C=C(C(=O)OC(OCCCCC(F)(F)C(F)(F)S(=O)(=O)O)(C(N)=O)C(F)(F)F)C(F)(F)F. The van der Waals surface area contributed by atoms with Crippen LogP contribution in [-0.4, -0.2) is 60.8 Å². The van der Waals surface area contributed by atoms with Crippen molar-refractivity contribution in [2.45, 2.75) is 48.6 Å². The minimum atomic E-state index is -6.57. The zero-order valence-corrected chi connectivity index (χ0v) is 16.0. The summed E-state index contributed by atoms with van der Waals surface area (Å²) in [5.74, 6) is -15.7. The second-order valence-electron chi connectivity index (χ2n) is 5.85. The van der Waals surface area contributed by atoms with Gasteiger partial charge in [0.15, 0.2) is 0 Å². The van der Waals surface area contributed by atoms with E-state index in [1.165, 1.54) is 0 Å². The number of primary amides is 1. The highest BCUT2D eigenvalue weighted by atomic mass is 32.2. The maximum absolute atomic E-state index is 13.3. The molecule has 0 aliphatic rings. The highest BCUT2D eigenvalue weighted by Crippen LogP contribution is 2.42. The third kappa shape index (κ3) is 6.44. The van der Waals surface area contributed by atoms with Crippen LogP contribution in [0.15, 0.2) is 12.2 Å². The standard InChI is InChI=1S/C13H13F10NO7S/c1-6(11(16,17)18)7(25)31-10(8(24)26,12(19,20)21)30-5-3-2-4-9(14,15)13(22,23)32(27,28)29/h1-5H2,(H2,24,26)(H,27,28,29). The monoisotopic (exact) mass is 517 g/mol. The molecule has 1 amide bonds. The van der Waals surface area contributed by atoms with Gasteiger partial charge in [-0.25, -0.2) is 4.79 Å². The average Bonchev–Trinajstić information content (AvgIpc) is 2.56. The van der Waals surface area contributed by atoms with E-state index in [1.807, 2.05) is 0 Å². The van der Waals surface area contributed by atoms with Crippen molar-refractivity contribution in [3.05, 3.63) is 12.2 Å². The maximum Gasteiger partial charge on any atom is 0.466 e. The Kier molecular flexibility index (Phi) is 8.75. The van der Waals surface area contributed by atoms with Crippen LogP contribution in [0.3, 0.4) is 0 Å². The Morgan fingerprint density at radius 1 is 0.938 bits per heavy atom. The van der Waals surface area contributed by atoms with Crippen LogP contribution < -0.4 is 5.73 Å². The minimum absolute atomic E-state index is 1.08. The van der Waals surface area contributed by atoms with Crippen LogP contribution in [0.5, 0.6) is 0 Å². The molecule has 0 heterocycles. The minimum Gasteiger partial charge on any atom is -0.412 e. The topological polar surface area (TPSA) is 133 Å². The van der Waals surface area contributed by atoms with Crippen LogP contribution >= 0.6 is 0 Å². The van der Waals surface area contributed by atoms with E-state index in [4.69, 9.17) is 4.55 Å². The molecule has 188 valence electrons. The van der Waals surface area contributed by atoms with Crippen LogP contribution in [-0.2, 0) is 29.2 Å². The van der Waals surface area contributed by atoms with E-state index in [-0.39, 0.29) is 0 Å². The highest BCUT2D eigenvalue weighted by Gasteiger charge is 2.67. The fraction of sp³-hybridized carbons (Fsp3) is 0.692. The van der Waals surface area contributed by atoms with Gasteiger partial charge in [-0.05, 0) is 12.8 Å². The number of esters is 1. The number of alkyl halides is 10. The number of carbonyl (C=O) groups is 2. The molecule has 0 aromatic carbocycles. The van der Waals surface area contributed by atoms with Gasteiger partial charge in [0.2, 0.25) is 0 Å². The normalized spacial score (nSPS) is 15.7. The van der Waals surface area contributed by atoms with E-state index in [1.54, 1.807) is 0 Å². The smallest absolute Gasteiger partial charge is 0.412 e. The van der Waals surface area contributed by atoms with Crippen molar-refractivity contribution in [2.24, 2.45) is 5.73 Å². The molecule has 0 aromatic heterocycles. The summed E-state index contributed by atoms with van der Waals surface area (Å²) in [6.07, 6.45) is -16.0. The molecule has 8 nitrogen and oxygen atoms in total. The first-order valence-corrected chi connectivity index (χ1v) is 9.10. The predicted octanol–water partition coefficient (Wildman–Crippen LogP) is 2.69. The molecule has 0 radical (unpaired) electrons. The molecule has 3 N–H and O–H groups in total. The van der Waals surface area contributed by atoms with E-state index in [9.17, 15) is 61.9 Å². The lowest BCUT2D eigenvalue weighted by molar-refractivity contribution is -0.346. The molecule has 0 saturated carbocycles. The maximum atomic E-state index is 13.3. The van der Waals surface area contributed by atoms with Crippen LogP contribution in [0.4, 0.5) is 43.9 Å². The Labute approximate surface area is 172 Å². The van der Waals surface area contributed by atoms with Gasteiger partial charge in [0, 0.05) is 6.42 Å². The number of amides is 1. The van der Waals surface area contributed by atoms with E-state index >= 15 is 0 Å². The van der Waals surface area contributed by atoms with E-state index in [0.717, 1.165) is 0 Å². The summed E-state index contributed by atoms with van der Waals surface area (Å²) >= 11 is 0. The summed E-state index contributed by atoms with van der Waals surface area (Å²) in [4.78, 5) is 22.5. The lowest BCUT2D eigenvalue weighted by Crippen LogP contribution is -2.60. The quantitative estimate of drug-likeness (QED) is 0.108. The molecule has 0 aliphatic carbocycles. The van der Waals surface area contributed by atoms with Gasteiger partial charge in [-0.1, -0.05) is 6.58 Å². The Morgan fingerprint density at radius 3 is 1.75 bits per heavy atom. The van der Waals surface area contributed by atoms with Gasteiger partial charge in [0.05, 0.1) is 6.61 Å². The molecule has 1 unspecified atom stereocenters. The molecule has 19 heteroatoms. The van der Waals surface area contributed by atoms with Crippen molar-refractivity contribution in [1.29, 1.82) is 0 Å². The van der Waals surface area contributed by atoms with Gasteiger partial charge in [-0.2, -0.15) is 52.3 Å². The van der Waals surface area contributed by atoms with E-state index < -0.39 is 82.8 Å². The molecule has 0 bridgehead atoms. The Hall–Kier alpha value is -2.15. The fourth-order valence-electron chi connectivity index (χ4n) is 1.74. The third-order valence-electron chi connectivity index (χ3n) is 3.46. The molecule has 0 aliphatic heterocycles. The van der Waals surface area contributed by atoms with Crippen molar-refractivity contribution in [3.63, 3.8) is 0 Å². The highest BCUT2D eigenvalue weighted by molar-refractivity contribution is 7.87. The predicted molar refractivity (Wildman–Crippen MR) is 80.5 cm³/mol. The van der Waals surface area contributed by atoms with E-state index in [2.05, 4.69) is 21.8 Å². The van der Waals surface area contributed by atoms with Crippen molar-refractivity contribution in [3.8, 4) is 0 Å². The molecule has 0 fully saturated rings. The third-order valence-corrected chi connectivity index (χ3v) is 4.41. The van der Waals surface area contributed by atoms with Crippen molar-refractivity contribution in [1.82, 2.24) is 0 Å². The fourth-order valence-corrected chi connectivity index (χ4v) is 2.22. The van der Waals surface area contributed by atoms with Crippen molar-refractivity contribution < 1.29 is 75.9 Å². The van der Waals surface area contributed by atoms with Gasteiger partial charge >= 0.3 is 51.3 Å². The van der Waals surface area contributed by atoms with Crippen molar-refractivity contribution >= 4 is 22.0 Å². The second kappa shape index (κ2) is 9.38. The summed E-state index contributed by atoms with van der Waals surface area (Å²) in [5, 5.41) is -5.96. The number of halogens is 10. The van der Waals surface area contributed by atoms with Crippen LogP contribution in [0, 0.1) is 0 Å². The van der Waals surface area contributed by atoms with E-state index in [0.29, 0.717) is 0 Å². The molecule has 0 aromatic rings. The zero-order valence-electron chi connectivity index (χ0n) is 15.2. The Morgan fingerprint density at radius 2 is 1.41 bits per heavy atom. The van der Waals surface area contributed by atoms with Gasteiger partial charge < -0.3 is 15.2 Å². The molecule has 0 spiro atoms. The molecule has 0 rings (SSSR count). The zero-order chi connectivity index (χ0) is 26.0. The van der Waals surface area contributed by atoms with Crippen LogP contribution in [0.25, 0.3) is 0 Å².